The van der Waals surface area contributed by atoms with Crippen LogP contribution >= 0.6 is 0 Å². The first-order valence-corrected chi connectivity index (χ1v) is 11.6. The van der Waals surface area contributed by atoms with Gasteiger partial charge in [-0.2, -0.15) is 4.98 Å². The van der Waals surface area contributed by atoms with E-state index >= 15 is 0 Å². The number of ether oxygens (including phenoxy) is 1. The molecule has 2 amide bonds. The Balaban J connectivity index is 1.38. The van der Waals surface area contributed by atoms with Gasteiger partial charge in [0, 0.05) is 0 Å². The molecule has 0 radical (unpaired) electrons. The number of nitrogens with one attached hydrogen (secondary N) is 1. The molecule has 2 aliphatic heterocycles. The normalized spacial score (nSPS) is 25.6. The van der Waals surface area contributed by atoms with Gasteiger partial charge in [0.25, 0.3) is 5.95 Å². The SMILES string of the molecule is COc1ccc([C@@H]2C[C@@H](c3ccccc3)n3nc(N4C(=O)[C@H]5CC=CC[C@@H]5C4=O)nc3N2)cc1. The summed E-state index contributed by atoms with van der Waals surface area (Å²) in [6.07, 6.45) is 5.87. The molecular formula is C26H25N5O3. The Kier molecular flexibility index (Phi) is 4.94. The second-order valence-electron chi connectivity index (χ2n) is 8.98. The highest BCUT2D eigenvalue weighted by Gasteiger charge is 2.49. The zero-order valence-corrected chi connectivity index (χ0v) is 18.8. The maximum atomic E-state index is 13.1. The molecule has 172 valence electrons. The Labute approximate surface area is 197 Å². The molecule has 8 heteroatoms. The molecule has 8 nitrogen and oxygen atoms in total. The largest absolute Gasteiger partial charge is 0.497 e. The summed E-state index contributed by atoms with van der Waals surface area (Å²) in [5.41, 5.74) is 2.19. The molecule has 6 rings (SSSR count). The molecule has 0 spiro atoms. The topological polar surface area (TPSA) is 89.4 Å². The maximum Gasteiger partial charge on any atom is 0.260 e. The van der Waals surface area contributed by atoms with Gasteiger partial charge in [-0.1, -0.05) is 54.6 Å². The van der Waals surface area contributed by atoms with Crippen LogP contribution in [-0.2, 0) is 9.59 Å². The van der Waals surface area contributed by atoms with E-state index in [4.69, 9.17) is 9.84 Å². The predicted molar refractivity (Wildman–Crippen MR) is 126 cm³/mol. The van der Waals surface area contributed by atoms with E-state index < -0.39 is 0 Å². The second kappa shape index (κ2) is 8.13. The van der Waals surface area contributed by atoms with Gasteiger partial charge >= 0.3 is 0 Å². The minimum Gasteiger partial charge on any atom is -0.497 e. The van der Waals surface area contributed by atoms with Crippen molar-refractivity contribution < 1.29 is 14.3 Å². The number of nitrogens with zero attached hydrogens (tertiary/aromatic N) is 4. The van der Waals surface area contributed by atoms with Crippen molar-refractivity contribution >= 4 is 23.7 Å². The highest BCUT2D eigenvalue weighted by molar-refractivity contribution is 6.21. The molecule has 1 aliphatic carbocycles. The van der Waals surface area contributed by atoms with E-state index in [9.17, 15) is 9.59 Å². The number of rotatable bonds is 4. The van der Waals surface area contributed by atoms with E-state index in [2.05, 4.69) is 22.4 Å². The van der Waals surface area contributed by atoms with Gasteiger partial charge in [-0.3, -0.25) is 9.59 Å². The number of anilines is 2. The van der Waals surface area contributed by atoms with E-state index in [0.29, 0.717) is 18.8 Å². The molecule has 1 N–H and O–H groups in total. The first-order valence-electron chi connectivity index (χ1n) is 11.6. The van der Waals surface area contributed by atoms with Crippen molar-refractivity contribution in [1.82, 2.24) is 14.8 Å². The summed E-state index contributed by atoms with van der Waals surface area (Å²) in [6, 6.07) is 18.0. The number of fused-ring (bicyclic) bond motifs is 2. The van der Waals surface area contributed by atoms with Gasteiger partial charge in [0.15, 0.2) is 0 Å². The third-order valence-electron chi connectivity index (χ3n) is 7.09. The van der Waals surface area contributed by atoms with Crippen molar-refractivity contribution in [3.05, 3.63) is 77.9 Å². The minimum absolute atomic E-state index is 0.0163. The van der Waals surface area contributed by atoms with Gasteiger partial charge in [-0.05, 0) is 42.5 Å². The van der Waals surface area contributed by atoms with Crippen LogP contribution in [0.25, 0.3) is 0 Å². The molecule has 3 aromatic rings. The molecule has 1 aromatic heterocycles. The van der Waals surface area contributed by atoms with Gasteiger partial charge in [0.1, 0.15) is 5.75 Å². The Morgan fingerprint density at radius 2 is 1.59 bits per heavy atom. The smallest absolute Gasteiger partial charge is 0.260 e. The Morgan fingerprint density at radius 3 is 2.24 bits per heavy atom. The van der Waals surface area contributed by atoms with Crippen molar-refractivity contribution in [2.24, 2.45) is 11.8 Å². The average Bonchev–Trinajstić information content (AvgIpc) is 3.42. The van der Waals surface area contributed by atoms with E-state index in [-0.39, 0.29) is 41.7 Å². The fraction of sp³-hybridized carbons (Fsp3) is 0.308. The van der Waals surface area contributed by atoms with Crippen LogP contribution in [0.2, 0.25) is 0 Å². The number of hydrogen-bond donors (Lipinski definition) is 1. The van der Waals surface area contributed by atoms with Gasteiger partial charge < -0.3 is 10.1 Å². The summed E-state index contributed by atoms with van der Waals surface area (Å²) in [6.45, 7) is 0. The van der Waals surface area contributed by atoms with Crippen LogP contribution < -0.4 is 15.0 Å². The fourth-order valence-corrected chi connectivity index (χ4v) is 5.27. The van der Waals surface area contributed by atoms with Crippen molar-refractivity contribution in [3.63, 3.8) is 0 Å². The highest BCUT2D eigenvalue weighted by atomic mass is 16.5. The Bertz CT molecular complexity index is 1240. The molecule has 0 bridgehead atoms. The number of methoxy groups -OCH3 is 1. The molecule has 34 heavy (non-hydrogen) atoms. The lowest BCUT2D eigenvalue weighted by Crippen LogP contribution is -2.32. The van der Waals surface area contributed by atoms with Gasteiger partial charge in [-0.15, -0.1) is 5.10 Å². The Morgan fingerprint density at radius 1 is 0.912 bits per heavy atom. The molecule has 1 saturated heterocycles. The van der Waals surface area contributed by atoms with Gasteiger partial charge in [-0.25, -0.2) is 9.58 Å². The first-order chi connectivity index (χ1) is 16.6. The van der Waals surface area contributed by atoms with Crippen LogP contribution in [0.15, 0.2) is 66.7 Å². The number of benzene rings is 2. The number of carbonyl (C=O) groups is 2. The molecule has 3 aliphatic rings. The summed E-state index contributed by atoms with van der Waals surface area (Å²) < 4.78 is 7.11. The summed E-state index contributed by atoms with van der Waals surface area (Å²) in [4.78, 5) is 32.1. The first kappa shape index (κ1) is 20.7. The van der Waals surface area contributed by atoms with Crippen molar-refractivity contribution in [2.75, 3.05) is 17.3 Å². The predicted octanol–water partition coefficient (Wildman–Crippen LogP) is 3.89. The summed E-state index contributed by atoms with van der Waals surface area (Å²) in [5, 5.41) is 8.17. The van der Waals surface area contributed by atoms with Crippen molar-refractivity contribution in [1.29, 1.82) is 0 Å². The molecule has 4 atom stereocenters. The van der Waals surface area contributed by atoms with Gasteiger partial charge in [0.05, 0.1) is 31.0 Å². The fourth-order valence-electron chi connectivity index (χ4n) is 5.27. The molecule has 1 fully saturated rings. The van der Waals surface area contributed by atoms with Crippen LogP contribution in [0, 0.1) is 11.8 Å². The second-order valence-corrected chi connectivity index (χ2v) is 8.98. The Hall–Kier alpha value is -3.94. The standard InChI is InChI=1S/C26H25N5O3/c1-34-18-13-11-16(12-14-18)21-15-22(17-7-3-2-4-8-17)31-25(27-21)28-26(29-31)30-23(32)19-9-5-6-10-20(19)24(30)33/h2-8,11-14,19-22H,9-10,15H2,1H3,(H,27,28,29)/t19-,20-,21-,22-/m0/s1. The average molecular weight is 456 g/mol. The molecule has 3 heterocycles. The summed E-state index contributed by atoms with van der Waals surface area (Å²) >= 11 is 0. The van der Waals surface area contributed by atoms with E-state index in [0.717, 1.165) is 23.3 Å². The van der Waals surface area contributed by atoms with Crippen LogP contribution in [0.4, 0.5) is 11.9 Å². The molecule has 2 aromatic carbocycles. The minimum atomic E-state index is -0.317. The van der Waals surface area contributed by atoms with E-state index in [1.54, 1.807) is 7.11 Å². The zero-order valence-electron chi connectivity index (χ0n) is 18.8. The monoisotopic (exact) mass is 455 g/mol. The summed E-state index contributed by atoms with van der Waals surface area (Å²) in [5.74, 6) is 0.459. The number of imide groups is 1. The van der Waals surface area contributed by atoms with E-state index in [1.165, 1.54) is 4.90 Å². The van der Waals surface area contributed by atoms with Crippen LogP contribution in [-0.4, -0.2) is 33.7 Å². The van der Waals surface area contributed by atoms with Crippen LogP contribution in [0.1, 0.15) is 42.5 Å². The lowest BCUT2D eigenvalue weighted by atomic mass is 9.85. The maximum absolute atomic E-state index is 13.1. The number of allylic oxidation sites excluding steroid dienone is 2. The number of carbonyl (C=O) groups excluding carboxylic acids is 2. The van der Waals surface area contributed by atoms with Crippen molar-refractivity contribution in [3.8, 4) is 5.75 Å². The van der Waals surface area contributed by atoms with Crippen LogP contribution in [0.5, 0.6) is 5.75 Å². The summed E-state index contributed by atoms with van der Waals surface area (Å²) in [7, 11) is 1.65. The lowest BCUT2D eigenvalue weighted by Gasteiger charge is -2.31. The molecule has 0 saturated carbocycles. The highest BCUT2D eigenvalue weighted by Crippen LogP contribution is 2.41. The molecular weight excluding hydrogens is 430 g/mol. The zero-order chi connectivity index (χ0) is 23.2. The van der Waals surface area contributed by atoms with E-state index in [1.807, 2.05) is 59.3 Å². The van der Waals surface area contributed by atoms with Crippen LogP contribution in [0.3, 0.4) is 0 Å². The van der Waals surface area contributed by atoms with Gasteiger partial charge in [0.2, 0.25) is 17.8 Å². The lowest BCUT2D eigenvalue weighted by molar-refractivity contribution is -0.122. The number of aromatic nitrogens is 3. The molecule has 0 unspecified atom stereocenters. The number of hydrogen-bond acceptors (Lipinski definition) is 6. The number of amides is 2. The van der Waals surface area contributed by atoms with Crippen molar-refractivity contribution in [2.45, 2.75) is 31.3 Å². The quantitative estimate of drug-likeness (QED) is 0.474. The third kappa shape index (κ3) is 3.29. The third-order valence-corrected chi connectivity index (χ3v) is 7.09.